The summed E-state index contributed by atoms with van der Waals surface area (Å²) in [6.45, 7) is 0.946. The van der Waals surface area contributed by atoms with Crippen molar-refractivity contribution in [3.63, 3.8) is 0 Å². The van der Waals surface area contributed by atoms with E-state index in [1.54, 1.807) is 0 Å². The third-order valence-corrected chi connectivity index (χ3v) is 4.69. The predicted octanol–water partition coefficient (Wildman–Crippen LogP) is -1.97. The molecule has 0 bridgehead atoms. The van der Waals surface area contributed by atoms with Crippen LogP contribution in [-0.2, 0) is 24.5 Å². The molecule has 0 aliphatic carbocycles. The topological polar surface area (TPSA) is 136 Å². The minimum atomic E-state index is -4.68. The van der Waals surface area contributed by atoms with Crippen LogP contribution in [0.15, 0.2) is 0 Å². The minimum absolute atomic E-state index is 0.0391. The highest BCUT2D eigenvalue weighted by molar-refractivity contribution is 8.04. The van der Waals surface area contributed by atoms with E-state index in [2.05, 4.69) is 4.28 Å². The Morgan fingerprint density at radius 1 is 1.43 bits per heavy atom. The molecule has 0 saturated carbocycles. The van der Waals surface area contributed by atoms with E-state index < -0.39 is 24.8 Å². The van der Waals surface area contributed by atoms with Gasteiger partial charge in [0.05, 0.1) is 0 Å². The summed E-state index contributed by atoms with van der Waals surface area (Å²) in [6.07, 6.45) is 0. The summed E-state index contributed by atoms with van der Waals surface area (Å²) < 4.78 is 53.3. The molecule has 1 atom stereocenters. The zero-order valence-electron chi connectivity index (χ0n) is 7.37. The molecule has 14 heavy (non-hydrogen) atoms. The van der Waals surface area contributed by atoms with Crippen LogP contribution in [0.4, 0.5) is 0 Å². The summed E-state index contributed by atoms with van der Waals surface area (Å²) in [6, 6.07) is 0. The quantitative estimate of drug-likeness (QED) is 0.280. The molecule has 86 valence electrons. The van der Waals surface area contributed by atoms with Gasteiger partial charge in [-0.15, -0.1) is 0 Å². The summed E-state index contributed by atoms with van der Waals surface area (Å²) in [7, 11) is -9.08. The molecule has 0 aliphatic heterocycles. The van der Waals surface area contributed by atoms with E-state index in [-0.39, 0.29) is 13.1 Å². The lowest BCUT2D eigenvalue weighted by atomic mass is 10.7. The first-order chi connectivity index (χ1) is 6.22. The molecule has 0 aliphatic rings. The molecule has 0 spiro atoms. The van der Waals surface area contributed by atoms with E-state index in [0.717, 1.165) is 6.92 Å². The zero-order chi connectivity index (χ0) is 11.4. The lowest BCUT2D eigenvalue weighted by molar-refractivity contribution is 0.206. The van der Waals surface area contributed by atoms with Gasteiger partial charge < -0.3 is 5.73 Å². The van der Waals surface area contributed by atoms with Crippen LogP contribution in [0.2, 0.25) is 0 Å². The Kier molecular flexibility index (Phi) is 4.91. The predicted molar refractivity (Wildman–Crippen MR) is 48.1 cm³/mol. The molecule has 0 amide bonds. The Balaban J connectivity index is 4.49. The zero-order valence-corrected chi connectivity index (χ0v) is 9.01. The first kappa shape index (κ1) is 13.7. The van der Waals surface area contributed by atoms with Crippen molar-refractivity contribution in [1.82, 2.24) is 5.48 Å². The van der Waals surface area contributed by atoms with Gasteiger partial charge in [0.15, 0.2) is 0 Å². The first-order valence-corrected chi connectivity index (χ1v) is 6.51. The lowest BCUT2D eigenvalue weighted by Crippen LogP contribution is -2.34. The average molecular weight is 248 g/mol. The maximum Gasteiger partial charge on any atom is 0.302 e. The van der Waals surface area contributed by atoms with Crippen LogP contribution in [0.1, 0.15) is 6.92 Å². The highest BCUT2D eigenvalue weighted by atomic mass is 32.3. The van der Waals surface area contributed by atoms with Gasteiger partial charge in [-0.25, -0.2) is 0 Å². The van der Waals surface area contributed by atoms with E-state index in [4.69, 9.17) is 10.3 Å². The second-order valence-electron chi connectivity index (χ2n) is 2.34. The summed E-state index contributed by atoms with van der Waals surface area (Å²) in [5.41, 5.74) is 6.95. The van der Waals surface area contributed by atoms with Gasteiger partial charge in [-0.05, 0) is 6.92 Å². The van der Waals surface area contributed by atoms with Gasteiger partial charge in [0.2, 0.25) is 4.58 Å². The number of hydrogen-bond acceptors (Lipinski definition) is 7. The van der Waals surface area contributed by atoms with Crippen molar-refractivity contribution < 1.29 is 25.7 Å². The Morgan fingerprint density at radius 2 is 1.93 bits per heavy atom. The van der Waals surface area contributed by atoms with Gasteiger partial charge in [0.25, 0.3) is 10.1 Å². The molecular formula is C4H12N2O6S2. The van der Waals surface area contributed by atoms with Crippen LogP contribution < -0.4 is 11.2 Å². The molecule has 0 fully saturated rings. The second-order valence-corrected chi connectivity index (χ2v) is 6.24. The molecule has 0 aromatic rings. The Morgan fingerprint density at radius 3 is 2.29 bits per heavy atom. The van der Waals surface area contributed by atoms with E-state index in [9.17, 15) is 16.8 Å². The largest absolute Gasteiger partial charge is 0.329 e. The monoisotopic (exact) mass is 248 g/mol. The fourth-order valence-corrected chi connectivity index (χ4v) is 2.09. The van der Waals surface area contributed by atoms with Crippen molar-refractivity contribution in [2.24, 2.45) is 5.73 Å². The average Bonchev–Trinajstić information content (AvgIpc) is 2.01. The Hall–Kier alpha value is -0.260. The van der Waals surface area contributed by atoms with Gasteiger partial charge >= 0.3 is 10.1 Å². The molecule has 0 saturated heterocycles. The van der Waals surface area contributed by atoms with Gasteiger partial charge in [-0.1, -0.05) is 0 Å². The molecule has 0 radical (unpaired) electrons. The third-order valence-electron chi connectivity index (χ3n) is 1.25. The molecule has 1 unspecified atom stereocenters. The highest BCUT2D eigenvalue weighted by Crippen LogP contribution is 2.07. The number of nitrogens with one attached hydrogen (secondary N) is 1. The van der Waals surface area contributed by atoms with Crippen molar-refractivity contribution >= 4 is 20.2 Å². The SMILES string of the molecule is CC(S(=O)(=O)O)S(=O)(=O)ONCCN. The van der Waals surface area contributed by atoms with Gasteiger partial charge in [-0.3, -0.25) is 4.55 Å². The standard InChI is InChI=1S/C4H12N2O6S2/c1-4(13(7,8)9)14(10,11)12-6-3-2-5/h4,6H,2-3,5H2,1H3,(H,7,8,9). The van der Waals surface area contributed by atoms with Crippen molar-refractivity contribution in [3.05, 3.63) is 0 Å². The maximum atomic E-state index is 11.0. The van der Waals surface area contributed by atoms with Gasteiger partial charge in [0, 0.05) is 13.1 Å². The maximum absolute atomic E-state index is 11.0. The molecule has 0 heterocycles. The van der Waals surface area contributed by atoms with Crippen LogP contribution in [0.3, 0.4) is 0 Å². The molecule has 0 aromatic carbocycles. The molecule has 10 heteroatoms. The normalized spacial score (nSPS) is 15.4. The third kappa shape index (κ3) is 4.30. The second kappa shape index (κ2) is 5.00. The number of hydroxylamine groups is 1. The number of nitrogens with two attached hydrogens (primary N) is 1. The van der Waals surface area contributed by atoms with E-state index >= 15 is 0 Å². The van der Waals surface area contributed by atoms with Gasteiger partial charge in [-0.2, -0.15) is 26.6 Å². The van der Waals surface area contributed by atoms with Crippen LogP contribution in [0.5, 0.6) is 0 Å². The van der Waals surface area contributed by atoms with E-state index in [0.29, 0.717) is 0 Å². The number of rotatable bonds is 6. The molecule has 4 N–H and O–H groups in total. The Bertz CT molecular complexity index is 359. The summed E-state index contributed by atoms with van der Waals surface area (Å²) >= 11 is 0. The minimum Gasteiger partial charge on any atom is -0.329 e. The van der Waals surface area contributed by atoms with Crippen LogP contribution in [-0.4, -0.2) is 39.1 Å². The van der Waals surface area contributed by atoms with Crippen molar-refractivity contribution in [3.8, 4) is 0 Å². The van der Waals surface area contributed by atoms with Crippen molar-refractivity contribution in [2.75, 3.05) is 13.1 Å². The van der Waals surface area contributed by atoms with Gasteiger partial charge in [0.1, 0.15) is 0 Å². The van der Waals surface area contributed by atoms with E-state index in [1.165, 1.54) is 0 Å². The summed E-state index contributed by atoms with van der Waals surface area (Å²) in [4.78, 5) is 0. The van der Waals surface area contributed by atoms with Crippen molar-refractivity contribution in [1.29, 1.82) is 0 Å². The van der Waals surface area contributed by atoms with Crippen molar-refractivity contribution in [2.45, 2.75) is 11.5 Å². The Labute approximate surface area is 82.3 Å². The molecular weight excluding hydrogens is 236 g/mol. The first-order valence-electron chi connectivity index (χ1n) is 3.53. The lowest BCUT2D eigenvalue weighted by Gasteiger charge is -2.09. The highest BCUT2D eigenvalue weighted by Gasteiger charge is 2.33. The fourth-order valence-electron chi connectivity index (χ4n) is 0.399. The molecule has 0 rings (SSSR count). The smallest absolute Gasteiger partial charge is 0.302 e. The number of hydrogen-bond donors (Lipinski definition) is 3. The summed E-state index contributed by atoms with van der Waals surface area (Å²) in [5, 5.41) is 0. The molecule has 8 nitrogen and oxygen atoms in total. The fraction of sp³-hybridized carbons (Fsp3) is 1.00. The molecule has 0 aromatic heterocycles. The van der Waals surface area contributed by atoms with E-state index in [1.807, 2.05) is 5.48 Å². The summed E-state index contributed by atoms with van der Waals surface area (Å²) in [5.74, 6) is 0. The van der Waals surface area contributed by atoms with Crippen LogP contribution in [0, 0.1) is 0 Å². The van der Waals surface area contributed by atoms with Crippen LogP contribution >= 0.6 is 0 Å². The van der Waals surface area contributed by atoms with Crippen LogP contribution in [0.25, 0.3) is 0 Å².